The van der Waals surface area contributed by atoms with E-state index in [4.69, 9.17) is 9.40 Å². The van der Waals surface area contributed by atoms with Gasteiger partial charge in [0, 0.05) is 5.56 Å². The van der Waals surface area contributed by atoms with Gasteiger partial charge in [-0.3, -0.25) is 10.4 Å². The molecule has 0 bridgehead atoms. The SMILES string of the molecule is CC(C)(C)c1ccc(C=CC2=CC(c3ccc(C(C)(C)C)cc3)N(c3ccc(-c4nc5c(C(C)(C)C)cccc5o4)cc3)N2)cc1. The number of nitrogens with zero attached hydrogens (tertiary/aromatic N) is 2. The number of rotatable bonds is 5. The summed E-state index contributed by atoms with van der Waals surface area (Å²) in [6, 6.07) is 32.6. The first kappa shape index (κ1) is 31.4. The number of hydrogen-bond acceptors (Lipinski definition) is 4. The Morgan fingerprint density at radius 2 is 1.28 bits per heavy atom. The molecule has 4 heteroatoms. The quantitative estimate of drug-likeness (QED) is 0.215. The molecule has 6 rings (SSSR count). The van der Waals surface area contributed by atoms with Crippen molar-refractivity contribution in [2.45, 2.75) is 84.6 Å². The maximum absolute atomic E-state index is 6.24. The van der Waals surface area contributed by atoms with E-state index in [1.54, 1.807) is 0 Å². The maximum Gasteiger partial charge on any atom is 0.227 e. The fourth-order valence-electron chi connectivity index (χ4n) is 5.96. The van der Waals surface area contributed by atoms with Gasteiger partial charge in [0.1, 0.15) is 5.52 Å². The third-order valence-electron chi connectivity index (χ3n) is 8.83. The van der Waals surface area contributed by atoms with E-state index in [1.165, 1.54) is 27.8 Å². The molecule has 1 aromatic heterocycles. The van der Waals surface area contributed by atoms with Crippen LogP contribution in [0.25, 0.3) is 28.6 Å². The second-order valence-corrected chi connectivity index (χ2v) is 15.6. The molecule has 0 radical (unpaired) electrons. The molecule has 0 spiro atoms. The lowest BCUT2D eigenvalue weighted by atomic mass is 9.86. The minimum atomic E-state index is -0.0198. The minimum Gasteiger partial charge on any atom is -0.436 e. The number of hydrazine groups is 1. The molecule has 46 heavy (non-hydrogen) atoms. The van der Waals surface area contributed by atoms with Gasteiger partial charge in [0.2, 0.25) is 5.89 Å². The van der Waals surface area contributed by atoms with E-state index in [2.05, 4.69) is 170 Å². The molecule has 2 heterocycles. The van der Waals surface area contributed by atoms with Gasteiger partial charge in [0.05, 0.1) is 17.4 Å². The van der Waals surface area contributed by atoms with Gasteiger partial charge in [0.15, 0.2) is 5.58 Å². The average Bonchev–Trinajstić information content (AvgIpc) is 3.64. The molecule has 0 fully saturated rings. The lowest BCUT2D eigenvalue weighted by Gasteiger charge is -2.28. The van der Waals surface area contributed by atoms with Crippen molar-refractivity contribution in [3.63, 3.8) is 0 Å². The fraction of sp³-hybridized carbons (Fsp3) is 0.310. The van der Waals surface area contributed by atoms with Crippen LogP contribution in [0.3, 0.4) is 0 Å². The summed E-state index contributed by atoms with van der Waals surface area (Å²) in [6.45, 7) is 20.1. The summed E-state index contributed by atoms with van der Waals surface area (Å²) in [7, 11) is 0. The lowest BCUT2D eigenvalue weighted by Crippen LogP contribution is -2.34. The van der Waals surface area contributed by atoms with Gasteiger partial charge in [-0.15, -0.1) is 0 Å². The Hall–Kier alpha value is -4.57. The van der Waals surface area contributed by atoms with Gasteiger partial charge in [-0.25, -0.2) is 4.98 Å². The first-order chi connectivity index (χ1) is 21.7. The van der Waals surface area contributed by atoms with Crippen molar-refractivity contribution in [1.82, 2.24) is 10.4 Å². The number of hydrogen-bond donors (Lipinski definition) is 1. The van der Waals surface area contributed by atoms with Crippen LogP contribution >= 0.6 is 0 Å². The van der Waals surface area contributed by atoms with Crippen molar-refractivity contribution < 1.29 is 4.42 Å². The first-order valence-corrected chi connectivity index (χ1v) is 16.3. The molecule has 0 saturated heterocycles. The number of para-hydroxylation sites is 1. The molecule has 236 valence electrons. The van der Waals surface area contributed by atoms with E-state index < -0.39 is 0 Å². The molecular formula is C42H47N3O. The molecule has 1 aliphatic rings. The standard InChI is InChI=1S/C42H47N3O/c1-40(2,3)31-20-13-28(14-21-31)15-24-33-27-36(29-16-22-32(23-17-29)41(4,5)6)45(44-33)34-25-18-30(19-26-34)39-43-38-35(42(7,8)9)11-10-12-37(38)46-39/h10-27,36,44H,1-9H3. The van der Waals surface area contributed by atoms with Crippen molar-refractivity contribution in [2.24, 2.45) is 0 Å². The smallest absolute Gasteiger partial charge is 0.227 e. The van der Waals surface area contributed by atoms with Gasteiger partial charge < -0.3 is 4.42 Å². The molecule has 4 aromatic carbocycles. The molecule has 0 saturated carbocycles. The summed E-state index contributed by atoms with van der Waals surface area (Å²) in [5.74, 6) is 0.640. The Labute approximate surface area is 274 Å². The Bertz CT molecular complexity index is 1890. The van der Waals surface area contributed by atoms with Crippen LogP contribution in [0.15, 0.2) is 113 Å². The highest BCUT2D eigenvalue weighted by atomic mass is 16.3. The van der Waals surface area contributed by atoms with E-state index >= 15 is 0 Å². The Balaban J connectivity index is 1.30. The zero-order chi connectivity index (χ0) is 32.9. The van der Waals surface area contributed by atoms with Gasteiger partial charge in [-0.2, -0.15) is 0 Å². The van der Waals surface area contributed by atoms with Crippen LogP contribution in [0.5, 0.6) is 0 Å². The van der Waals surface area contributed by atoms with Crippen LogP contribution in [0.1, 0.15) is 96.2 Å². The summed E-state index contributed by atoms with van der Waals surface area (Å²) in [5.41, 5.74) is 15.0. The summed E-state index contributed by atoms with van der Waals surface area (Å²) < 4.78 is 6.24. The van der Waals surface area contributed by atoms with Crippen molar-refractivity contribution in [3.05, 3.63) is 137 Å². The predicted octanol–water partition coefficient (Wildman–Crippen LogP) is 11.1. The molecule has 0 aliphatic carbocycles. The predicted molar refractivity (Wildman–Crippen MR) is 194 cm³/mol. The topological polar surface area (TPSA) is 41.3 Å². The van der Waals surface area contributed by atoms with Crippen molar-refractivity contribution in [3.8, 4) is 11.5 Å². The van der Waals surface area contributed by atoms with Crippen LogP contribution in [0.2, 0.25) is 0 Å². The Morgan fingerprint density at radius 1 is 0.674 bits per heavy atom. The van der Waals surface area contributed by atoms with Gasteiger partial charge in [-0.1, -0.05) is 129 Å². The summed E-state index contributed by atoms with van der Waals surface area (Å²) >= 11 is 0. The average molecular weight is 610 g/mol. The number of allylic oxidation sites excluding steroid dienone is 1. The maximum atomic E-state index is 6.24. The molecule has 1 aliphatic heterocycles. The largest absolute Gasteiger partial charge is 0.436 e. The molecule has 1 atom stereocenters. The number of benzene rings is 4. The number of fused-ring (bicyclic) bond motifs is 1. The second kappa shape index (κ2) is 11.7. The van der Waals surface area contributed by atoms with Crippen LogP contribution in [-0.2, 0) is 16.2 Å². The highest BCUT2D eigenvalue weighted by Gasteiger charge is 2.27. The summed E-state index contributed by atoms with van der Waals surface area (Å²) in [6.07, 6.45) is 6.65. The van der Waals surface area contributed by atoms with E-state index in [1.807, 2.05) is 12.1 Å². The molecule has 5 aromatic rings. The first-order valence-electron chi connectivity index (χ1n) is 16.3. The van der Waals surface area contributed by atoms with Crippen LogP contribution in [0.4, 0.5) is 5.69 Å². The molecular weight excluding hydrogens is 562 g/mol. The normalized spacial score (nSPS) is 15.9. The van der Waals surface area contributed by atoms with Gasteiger partial charge in [0.25, 0.3) is 0 Å². The molecule has 4 nitrogen and oxygen atoms in total. The van der Waals surface area contributed by atoms with Crippen molar-refractivity contribution in [2.75, 3.05) is 5.01 Å². The number of anilines is 1. The molecule has 0 amide bonds. The highest BCUT2D eigenvalue weighted by molar-refractivity contribution is 5.81. The molecule has 1 unspecified atom stereocenters. The van der Waals surface area contributed by atoms with E-state index in [9.17, 15) is 0 Å². The molecule has 1 N–H and O–H groups in total. The number of nitrogens with one attached hydrogen (secondary N) is 1. The van der Waals surface area contributed by atoms with E-state index in [-0.39, 0.29) is 22.3 Å². The van der Waals surface area contributed by atoms with E-state index in [0.29, 0.717) is 5.89 Å². The van der Waals surface area contributed by atoms with Crippen molar-refractivity contribution >= 4 is 22.9 Å². The van der Waals surface area contributed by atoms with Crippen LogP contribution < -0.4 is 10.4 Å². The second-order valence-electron chi connectivity index (χ2n) is 15.6. The fourth-order valence-corrected chi connectivity index (χ4v) is 5.96. The Morgan fingerprint density at radius 3 is 1.87 bits per heavy atom. The minimum absolute atomic E-state index is 0.0198. The van der Waals surface area contributed by atoms with Crippen LogP contribution in [-0.4, -0.2) is 4.98 Å². The third-order valence-corrected chi connectivity index (χ3v) is 8.83. The summed E-state index contributed by atoms with van der Waals surface area (Å²) in [4.78, 5) is 4.94. The van der Waals surface area contributed by atoms with Gasteiger partial charge in [-0.05, 0) is 86.5 Å². The number of aromatic nitrogens is 1. The lowest BCUT2D eigenvalue weighted by molar-refractivity contribution is 0.589. The Kier molecular flexibility index (Phi) is 7.96. The summed E-state index contributed by atoms with van der Waals surface area (Å²) in [5, 5.41) is 2.24. The zero-order valence-corrected chi connectivity index (χ0v) is 28.8. The third kappa shape index (κ3) is 6.53. The number of oxazole rings is 1. The highest BCUT2D eigenvalue weighted by Crippen LogP contribution is 2.36. The van der Waals surface area contributed by atoms with Crippen molar-refractivity contribution in [1.29, 1.82) is 0 Å². The monoisotopic (exact) mass is 609 g/mol. The zero-order valence-electron chi connectivity index (χ0n) is 28.8. The van der Waals surface area contributed by atoms with E-state index in [0.717, 1.165) is 28.0 Å². The van der Waals surface area contributed by atoms with Crippen LogP contribution in [0, 0.1) is 0 Å². The van der Waals surface area contributed by atoms with Gasteiger partial charge >= 0.3 is 0 Å².